The van der Waals surface area contributed by atoms with Crippen LogP contribution in [0.3, 0.4) is 0 Å². The molecule has 1 aliphatic heterocycles. The molecular weight excluding hydrogens is 438 g/mol. The summed E-state index contributed by atoms with van der Waals surface area (Å²) >= 11 is 1.15. The molecule has 2 N–H and O–H groups in total. The van der Waals surface area contributed by atoms with Crippen molar-refractivity contribution >= 4 is 28.9 Å². The zero-order valence-corrected chi connectivity index (χ0v) is 20.0. The number of hydrogen-bond donors (Lipinski definition) is 2. The number of nitrogens with zero attached hydrogens (tertiary/aromatic N) is 3. The largest absolute Gasteiger partial charge is 0.338 e. The number of benzene rings is 1. The summed E-state index contributed by atoms with van der Waals surface area (Å²) in [5, 5.41) is 7.25. The van der Waals surface area contributed by atoms with Crippen LogP contribution in [0.4, 0.5) is 0 Å². The van der Waals surface area contributed by atoms with Crippen LogP contribution in [-0.2, 0) is 0 Å². The minimum atomic E-state index is -0.414. The van der Waals surface area contributed by atoms with Crippen molar-refractivity contribution in [2.45, 2.75) is 40.5 Å². The summed E-state index contributed by atoms with van der Waals surface area (Å²) in [4.78, 5) is 40.9. The molecule has 0 bridgehead atoms. The summed E-state index contributed by atoms with van der Waals surface area (Å²) in [7, 11) is 0. The van der Waals surface area contributed by atoms with Gasteiger partial charge in [-0.2, -0.15) is 5.10 Å². The maximum atomic E-state index is 13.0. The van der Waals surface area contributed by atoms with E-state index >= 15 is 0 Å². The maximum absolute atomic E-state index is 13.0. The Balaban J connectivity index is 1.51. The topological polar surface area (TPSA) is 99.6 Å². The van der Waals surface area contributed by atoms with Gasteiger partial charge in [-0.1, -0.05) is 6.07 Å². The van der Waals surface area contributed by atoms with Crippen molar-refractivity contribution in [3.05, 3.63) is 72.8 Å². The number of carbonyl (C=O) groups excluding carboxylic acids is 2. The number of H-pyrrole nitrogens is 1. The lowest BCUT2D eigenvalue weighted by Gasteiger charge is -2.13. The molecule has 0 saturated carbocycles. The SMILES string of the molecule is C/C(=N/NC(=O)c1ccc(C(=O)N2CCCC2)s1)c1c(C)[nH]n(-c2ccc(C)c(C)c2)c1=O. The van der Waals surface area contributed by atoms with Crippen LogP contribution in [0.25, 0.3) is 5.69 Å². The monoisotopic (exact) mass is 465 g/mol. The number of aromatic amines is 1. The second-order valence-electron chi connectivity index (χ2n) is 8.32. The third kappa shape index (κ3) is 4.54. The molecule has 3 aromatic rings. The Bertz CT molecular complexity index is 1310. The van der Waals surface area contributed by atoms with Crippen LogP contribution < -0.4 is 11.0 Å². The van der Waals surface area contributed by atoms with Crippen molar-refractivity contribution in [1.29, 1.82) is 0 Å². The Labute approximate surface area is 195 Å². The van der Waals surface area contributed by atoms with E-state index in [2.05, 4.69) is 15.6 Å². The average molecular weight is 466 g/mol. The number of aromatic nitrogens is 2. The Morgan fingerprint density at radius 1 is 1.03 bits per heavy atom. The molecule has 1 aromatic carbocycles. The van der Waals surface area contributed by atoms with E-state index in [1.165, 1.54) is 4.68 Å². The molecule has 1 aliphatic rings. The van der Waals surface area contributed by atoms with Gasteiger partial charge in [-0.25, -0.2) is 10.1 Å². The number of hydrazone groups is 1. The first-order valence-electron chi connectivity index (χ1n) is 10.9. The lowest BCUT2D eigenvalue weighted by atomic mass is 10.1. The third-order valence-corrected chi connectivity index (χ3v) is 7.01. The first kappa shape index (κ1) is 22.7. The predicted molar refractivity (Wildman–Crippen MR) is 130 cm³/mol. The second-order valence-corrected chi connectivity index (χ2v) is 9.41. The minimum Gasteiger partial charge on any atom is -0.338 e. The fourth-order valence-electron chi connectivity index (χ4n) is 3.92. The number of nitrogens with one attached hydrogen (secondary N) is 2. The van der Waals surface area contributed by atoms with Crippen molar-refractivity contribution in [2.24, 2.45) is 5.10 Å². The van der Waals surface area contributed by atoms with Crippen LogP contribution in [-0.4, -0.2) is 45.3 Å². The summed E-state index contributed by atoms with van der Waals surface area (Å²) in [5.74, 6) is -0.450. The van der Waals surface area contributed by atoms with E-state index in [0.717, 1.165) is 54.1 Å². The van der Waals surface area contributed by atoms with Gasteiger partial charge in [0.05, 0.1) is 26.7 Å². The fraction of sp³-hybridized carbons (Fsp3) is 0.333. The molecule has 1 fully saturated rings. The molecule has 0 aliphatic carbocycles. The molecule has 172 valence electrons. The first-order valence-corrected chi connectivity index (χ1v) is 11.7. The van der Waals surface area contributed by atoms with Crippen LogP contribution in [0.2, 0.25) is 0 Å². The summed E-state index contributed by atoms with van der Waals surface area (Å²) in [6.07, 6.45) is 2.03. The normalized spacial score (nSPS) is 14.1. The number of aryl methyl sites for hydroxylation is 3. The van der Waals surface area contributed by atoms with Gasteiger partial charge in [0.15, 0.2) is 0 Å². The van der Waals surface area contributed by atoms with Crippen LogP contribution in [0, 0.1) is 20.8 Å². The zero-order chi connectivity index (χ0) is 23.7. The van der Waals surface area contributed by atoms with Crippen LogP contribution in [0.5, 0.6) is 0 Å². The fourth-order valence-corrected chi connectivity index (χ4v) is 4.78. The van der Waals surface area contributed by atoms with Gasteiger partial charge in [-0.3, -0.25) is 19.5 Å². The smallest absolute Gasteiger partial charge is 0.281 e. The highest BCUT2D eigenvalue weighted by molar-refractivity contribution is 7.15. The standard InChI is InChI=1S/C24H27N5O3S/c1-14-7-8-18(13-15(14)2)29-24(32)21(17(4)27-29)16(3)25-26-22(30)19-9-10-20(33-19)23(31)28-11-5-6-12-28/h7-10,13,27H,5-6,11-12H2,1-4H3,(H,26,30)/b25-16-. The molecule has 33 heavy (non-hydrogen) atoms. The van der Waals surface area contributed by atoms with Crippen LogP contribution in [0.1, 0.15) is 61.5 Å². The predicted octanol–water partition coefficient (Wildman–Crippen LogP) is 3.54. The molecule has 0 spiro atoms. The number of amides is 2. The molecule has 0 atom stereocenters. The van der Waals surface area contributed by atoms with Crippen molar-refractivity contribution in [3.63, 3.8) is 0 Å². The van der Waals surface area contributed by atoms with Crippen LogP contribution >= 0.6 is 11.3 Å². The van der Waals surface area contributed by atoms with Crippen LogP contribution in [0.15, 0.2) is 40.2 Å². The maximum Gasteiger partial charge on any atom is 0.281 e. The first-order chi connectivity index (χ1) is 15.8. The van der Waals surface area contributed by atoms with E-state index in [4.69, 9.17) is 0 Å². The highest BCUT2D eigenvalue weighted by Crippen LogP contribution is 2.21. The van der Waals surface area contributed by atoms with Gasteiger partial charge in [0.25, 0.3) is 17.4 Å². The van der Waals surface area contributed by atoms with Gasteiger partial charge in [0.2, 0.25) is 0 Å². The third-order valence-electron chi connectivity index (χ3n) is 5.94. The van der Waals surface area contributed by atoms with E-state index < -0.39 is 5.91 Å². The molecular formula is C24H27N5O3S. The van der Waals surface area contributed by atoms with E-state index in [9.17, 15) is 14.4 Å². The zero-order valence-electron chi connectivity index (χ0n) is 19.2. The van der Waals surface area contributed by atoms with E-state index in [1.807, 2.05) is 36.9 Å². The van der Waals surface area contributed by atoms with E-state index in [1.54, 1.807) is 26.0 Å². The quantitative estimate of drug-likeness (QED) is 0.445. The van der Waals surface area contributed by atoms with Gasteiger partial charge < -0.3 is 4.90 Å². The Hall–Kier alpha value is -3.46. The molecule has 1 saturated heterocycles. The van der Waals surface area contributed by atoms with Gasteiger partial charge in [0.1, 0.15) is 0 Å². The Morgan fingerprint density at radius 2 is 1.73 bits per heavy atom. The van der Waals surface area contributed by atoms with Crippen molar-refractivity contribution in [1.82, 2.24) is 20.1 Å². The number of thiophene rings is 1. The summed E-state index contributed by atoms with van der Waals surface area (Å²) < 4.78 is 1.48. The highest BCUT2D eigenvalue weighted by atomic mass is 32.1. The lowest BCUT2D eigenvalue weighted by molar-refractivity contribution is 0.0797. The Kier molecular flexibility index (Phi) is 6.33. The second kappa shape index (κ2) is 9.19. The van der Waals surface area contributed by atoms with Gasteiger partial charge in [-0.15, -0.1) is 11.3 Å². The van der Waals surface area contributed by atoms with Gasteiger partial charge in [-0.05, 0) is 75.9 Å². The van der Waals surface area contributed by atoms with Crippen molar-refractivity contribution in [2.75, 3.05) is 13.1 Å². The molecule has 0 radical (unpaired) electrons. The molecule has 2 amide bonds. The van der Waals surface area contributed by atoms with E-state index in [-0.39, 0.29) is 11.5 Å². The number of likely N-dealkylation sites (tertiary alicyclic amines) is 1. The summed E-state index contributed by atoms with van der Waals surface area (Å²) in [5.41, 5.74) is 6.71. The summed E-state index contributed by atoms with van der Waals surface area (Å²) in [6, 6.07) is 9.10. The number of hydrogen-bond acceptors (Lipinski definition) is 5. The highest BCUT2D eigenvalue weighted by Gasteiger charge is 2.22. The van der Waals surface area contributed by atoms with Gasteiger partial charge in [0, 0.05) is 18.8 Å². The summed E-state index contributed by atoms with van der Waals surface area (Å²) in [6.45, 7) is 9.02. The Morgan fingerprint density at radius 3 is 2.42 bits per heavy atom. The van der Waals surface area contributed by atoms with E-state index in [0.29, 0.717) is 26.7 Å². The molecule has 3 heterocycles. The molecule has 8 nitrogen and oxygen atoms in total. The number of rotatable bonds is 5. The molecule has 4 rings (SSSR count). The lowest BCUT2D eigenvalue weighted by Crippen LogP contribution is -2.26. The molecule has 0 unspecified atom stereocenters. The molecule has 9 heteroatoms. The minimum absolute atomic E-state index is 0.0360. The van der Waals surface area contributed by atoms with Crippen molar-refractivity contribution < 1.29 is 9.59 Å². The van der Waals surface area contributed by atoms with Gasteiger partial charge >= 0.3 is 0 Å². The average Bonchev–Trinajstić information content (AvgIpc) is 3.54. The molecule has 2 aromatic heterocycles. The number of carbonyl (C=O) groups is 2. The van der Waals surface area contributed by atoms with Crippen molar-refractivity contribution in [3.8, 4) is 5.69 Å².